The Bertz CT molecular complexity index is 751. The van der Waals surface area contributed by atoms with E-state index in [9.17, 15) is 4.79 Å². The number of carbonyl (C=O) groups excluding carboxylic acids is 1. The summed E-state index contributed by atoms with van der Waals surface area (Å²) >= 11 is 0. The van der Waals surface area contributed by atoms with Crippen LogP contribution >= 0.6 is 0 Å². The summed E-state index contributed by atoms with van der Waals surface area (Å²) in [5.41, 5.74) is 3.53. The molecule has 1 aliphatic rings. The lowest BCUT2D eigenvalue weighted by Crippen LogP contribution is -2.48. The van der Waals surface area contributed by atoms with Crippen molar-refractivity contribution in [3.05, 3.63) is 53.3 Å². The zero-order valence-corrected chi connectivity index (χ0v) is 15.5. The first-order chi connectivity index (χ1) is 12.0. The highest BCUT2D eigenvalue weighted by Gasteiger charge is 2.33. The van der Waals surface area contributed by atoms with E-state index < -0.39 is 0 Å². The predicted octanol–water partition coefficient (Wildman–Crippen LogP) is 3.73. The molecule has 0 unspecified atom stereocenters. The van der Waals surface area contributed by atoms with Gasteiger partial charge in [-0.2, -0.15) is 0 Å². The van der Waals surface area contributed by atoms with Gasteiger partial charge in [0, 0.05) is 31.0 Å². The highest BCUT2D eigenvalue weighted by Crippen LogP contribution is 2.33. The first-order valence-electron chi connectivity index (χ1n) is 8.84. The number of nitrogens with zero attached hydrogens (tertiary/aromatic N) is 2. The topological polar surface area (TPSA) is 46.5 Å². The molecule has 1 atom stereocenters. The molecule has 0 spiro atoms. The van der Waals surface area contributed by atoms with Gasteiger partial charge in [0.1, 0.15) is 5.75 Å². The first kappa shape index (κ1) is 17.4. The van der Waals surface area contributed by atoms with Gasteiger partial charge in [-0.25, -0.2) is 4.79 Å². The number of urea groups is 1. The quantitative estimate of drug-likeness (QED) is 0.921. The molecule has 134 valence electrons. The summed E-state index contributed by atoms with van der Waals surface area (Å²) < 4.78 is 7.57. The van der Waals surface area contributed by atoms with Gasteiger partial charge in [0.2, 0.25) is 0 Å². The molecule has 0 saturated carbocycles. The second-order valence-electron chi connectivity index (χ2n) is 6.94. The van der Waals surface area contributed by atoms with Crippen molar-refractivity contribution in [1.29, 1.82) is 0 Å². The fourth-order valence-corrected chi connectivity index (χ4v) is 3.65. The Labute approximate surface area is 149 Å². The molecular weight excluding hydrogens is 314 g/mol. The Morgan fingerprint density at radius 1 is 1.28 bits per heavy atom. The molecule has 5 nitrogen and oxygen atoms in total. The van der Waals surface area contributed by atoms with Crippen LogP contribution in [0, 0.1) is 12.8 Å². The summed E-state index contributed by atoms with van der Waals surface area (Å²) in [6, 6.07) is 12.2. The van der Waals surface area contributed by atoms with E-state index in [1.807, 2.05) is 29.2 Å². The number of fused-ring (bicyclic) bond motifs is 1. The molecule has 1 aromatic heterocycles. The average Bonchev–Trinajstić information content (AvgIpc) is 3.00. The van der Waals surface area contributed by atoms with Crippen molar-refractivity contribution in [3.63, 3.8) is 0 Å². The number of methoxy groups -OCH3 is 1. The van der Waals surface area contributed by atoms with E-state index in [0.717, 1.165) is 24.4 Å². The third-order valence-electron chi connectivity index (χ3n) is 4.91. The van der Waals surface area contributed by atoms with Gasteiger partial charge >= 0.3 is 6.03 Å². The molecule has 1 N–H and O–H groups in total. The number of amides is 2. The van der Waals surface area contributed by atoms with E-state index in [-0.39, 0.29) is 12.1 Å². The second-order valence-corrected chi connectivity index (χ2v) is 6.94. The zero-order chi connectivity index (χ0) is 18.0. The summed E-state index contributed by atoms with van der Waals surface area (Å²) in [5, 5.41) is 3.06. The average molecular weight is 341 g/mol. The van der Waals surface area contributed by atoms with Gasteiger partial charge < -0.3 is 19.5 Å². The van der Waals surface area contributed by atoms with Crippen LogP contribution in [0.15, 0.2) is 36.4 Å². The maximum absolute atomic E-state index is 12.8. The molecule has 3 rings (SSSR count). The normalized spacial score (nSPS) is 16.7. The van der Waals surface area contributed by atoms with Gasteiger partial charge in [-0.1, -0.05) is 26.0 Å². The maximum Gasteiger partial charge on any atom is 0.318 e. The maximum atomic E-state index is 12.8. The molecule has 5 heteroatoms. The number of hydrogen-bond acceptors (Lipinski definition) is 2. The minimum atomic E-state index is -0.00776. The Hall–Kier alpha value is -2.43. The van der Waals surface area contributed by atoms with Crippen molar-refractivity contribution < 1.29 is 9.53 Å². The highest BCUT2D eigenvalue weighted by atomic mass is 16.5. The number of benzene rings is 1. The van der Waals surface area contributed by atoms with Crippen LogP contribution in [0.5, 0.6) is 5.75 Å². The fraction of sp³-hybridized carbons (Fsp3) is 0.450. The first-order valence-corrected chi connectivity index (χ1v) is 8.84. The van der Waals surface area contributed by atoms with Gasteiger partial charge in [0.05, 0.1) is 13.2 Å². The molecule has 0 radical (unpaired) electrons. The molecule has 25 heavy (non-hydrogen) atoms. The van der Waals surface area contributed by atoms with E-state index in [0.29, 0.717) is 12.5 Å². The third kappa shape index (κ3) is 3.50. The van der Waals surface area contributed by atoms with E-state index in [2.05, 4.69) is 42.8 Å². The van der Waals surface area contributed by atoms with Crippen molar-refractivity contribution >= 4 is 6.03 Å². The van der Waals surface area contributed by atoms with Crippen molar-refractivity contribution in [1.82, 2.24) is 14.8 Å². The number of aryl methyl sites for hydroxylation is 1. The highest BCUT2D eigenvalue weighted by molar-refractivity contribution is 5.75. The van der Waals surface area contributed by atoms with Crippen LogP contribution in [0.3, 0.4) is 0 Å². The Balaban J connectivity index is 1.72. The van der Waals surface area contributed by atoms with Crippen molar-refractivity contribution in [2.45, 2.75) is 39.9 Å². The molecule has 1 aromatic carbocycles. The van der Waals surface area contributed by atoms with Crippen LogP contribution in [0.2, 0.25) is 0 Å². The molecule has 0 saturated heterocycles. The van der Waals surface area contributed by atoms with Gasteiger partial charge in [-0.3, -0.25) is 0 Å². The number of carbonyl (C=O) groups is 1. The lowest BCUT2D eigenvalue weighted by atomic mass is 9.97. The molecule has 0 bridgehead atoms. The number of rotatable bonds is 4. The summed E-state index contributed by atoms with van der Waals surface area (Å²) in [6.45, 7) is 8.55. The van der Waals surface area contributed by atoms with E-state index >= 15 is 0 Å². The molecule has 1 aliphatic heterocycles. The van der Waals surface area contributed by atoms with Crippen LogP contribution in [0.4, 0.5) is 4.79 Å². The molecule has 2 heterocycles. The van der Waals surface area contributed by atoms with Crippen LogP contribution in [-0.2, 0) is 13.1 Å². The zero-order valence-electron chi connectivity index (χ0n) is 15.5. The van der Waals surface area contributed by atoms with Crippen LogP contribution in [0.25, 0.3) is 0 Å². The van der Waals surface area contributed by atoms with Crippen LogP contribution < -0.4 is 10.1 Å². The van der Waals surface area contributed by atoms with Crippen molar-refractivity contribution in [3.8, 4) is 5.75 Å². The van der Waals surface area contributed by atoms with E-state index in [1.165, 1.54) is 11.4 Å². The SMILES string of the molecule is COc1cccc(CNC(=O)N2CCn3c(C)ccc3[C@H]2C(C)C)c1. The molecule has 0 aliphatic carbocycles. The Morgan fingerprint density at radius 3 is 2.80 bits per heavy atom. The van der Waals surface area contributed by atoms with Crippen molar-refractivity contribution in [2.75, 3.05) is 13.7 Å². The van der Waals surface area contributed by atoms with Crippen LogP contribution in [-0.4, -0.2) is 29.2 Å². The lowest BCUT2D eigenvalue weighted by molar-refractivity contribution is 0.132. The molecular formula is C20H27N3O2. The van der Waals surface area contributed by atoms with Gasteiger partial charge in [0.25, 0.3) is 0 Å². The van der Waals surface area contributed by atoms with Gasteiger partial charge in [0.15, 0.2) is 0 Å². The predicted molar refractivity (Wildman–Crippen MR) is 98.7 cm³/mol. The van der Waals surface area contributed by atoms with Gasteiger partial charge in [-0.05, 0) is 42.7 Å². The van der Waals surface area contributed by atoms with Gasteiger partial charge in [-0.15, -0.1) is 0 Å². The minimum Gasteiger partial charge on any atom is -0.497 e. The monoisotopic (exact) mass is 341 g/mol. The lowest BCUT2D eigenvalue weighted by Gasteiger charge is -2.39. The second kappa shape index (κ2) is 7.21. The third-order valence-corrected chi connectivity index (χ3v) is 4.91. The minimum absolute atomic E-state index is 0.00776. The van der Waals surface area contributed by atoms with Crippen LogP contribution in [0.1, 0.15) is 36.8 Å². The number of ether oxygens (including phenoxy) is 1. The molecule has 2 aromatic rings. The Kier molecular flexibility index (Phi) is 5.02. The number of hydrogen-bond donors (Lipinski definition) is 1. The number of aromatic nitrogens is 1. The number of nitrogens with one attached hydrogen (secondary N) is 1. The summed E-state index contributed by atoms with van der Waals surface area (Å²) in [6.07, 6.45) is 0. The standard InChI is InChI=1S/C20H27N3O2/c1-14(2)19-18-9-8-15(3)22(18)10-11-23(19)20(24)21-13-16-6-5-7-17(12-16)25-4/h5-9,12,14,19H,10-11,13H2,1-4H3,(H,21,24)/t19-/m1/s1. The summed E-state index contributed by atoms with van der Waals surface area (Å²) in [7, 11) is 1.65. The van der Waals surface area contributed by atoms with Crippen molar-refractivity contribution in [2.24, 2.45) is 5.92 Å². The Morgan fingerprint density at radius 2 is 2.08 bits per heavy atom. The summed E-state index contributed by atoms with van der Waals surface area (Å²) in [5.74, 6) is 1.16. The molecule has 0 fully saturated rings. The fourth-order valence-electron chi connectivity index (χ4n) is 3.65. The largest absolute Gasteiger partial charge is 0.497 e. The summed E-state index contributed by atoms with van der Waals surface area (Å²) in [4.78, 5) is 14.8. The smallest absolute Gasteiger partial charge is 0.318 e. The van der Waals surface area contributed by atoms with E-state index in [4.69, 9.17) is 4.74 Å². The van der Waals surface area contributed by atoms with E-state index in [1.54, 1.807) is 7.11 Å². The molecule has 2 amide bonds.